The minimum Gasteiger partial charge on any atom is -0.461 e. The molecule has 0 fully saturated rings. The zero-order chi connectivity index (χ0) is 22.3. The molecule has 1 N–H and O–H groups in total. The molecule has 9 nitrogen and oxygen atoms in total. The van der Waals surface area contributed by atoms with Gasteiger partial charge < -0.3 is 9.73 Å². The van der Waals surface area contributed by atoms with Crippen molar-refractivity contribution in [3.63, 3.8) is 0 Å². The lowest BCUT2D eigenvalue weighted by Gasteiger charge is -2.09. The Balaban J connectivity index is 1.41. The number of hydrogen-bond donors (Lipinski definition) is 1. The fourth-order valence-corrected chi connectivity index (χ4v) is 3.78. The highest BCUT2D eigenvalue weighted by Crippen LogP contribution is 2.25. The molecule has 32 heavy (non-hydrogen) atoms. The number of nitrogens with one attached hydrogen (secondary N) is 1. The molecule has 2 aromatic carbocycles. The Kier molecular flexibility index (Phi) is 6.61. The summed E-state index contributed by atoms with van der Waals surface area (Å²) in [5.74, 6) is 1.16. The van der Waals surface area contributed by atoms with Gasteiger partial charge in [-0.15, -0.1) is 10.2 Å². The molecular formula is C22H19N5O4S. The Morgan fingerprint density at radius 1 is 1.03 bits per heavy atom. The monoisotopic (exact) mass is 449 g/mol. The predicted molar refractivity (Wildman–Crippen MR) is 119 cm³/mol. The number of rotatable bonds is 9. The first kappa shape index (κ1) is 21.3. The van der Waals surface area contributed by atoms with Gasteiger partial charge in [-0.2, -0.15) is 0 Å². The SMILES string of the molecule is O=C(CSc1nnc(-c2ccco2)n1Cc1ccccc1)NCc1ccc([N+](=O)[O-])cc1. The number of nitro groups is 1. The van der Waals surface area contributed by atoms with Gasteiger partial charge in [-0.1, -0.05) is 54.2 Å². The van der Waals surface area contributed by atoms with E-state index < -0.39 is 4.92 Å². The highest BCUT2D eigenvalue weighted by Gasteiger charge is 2.18. The highest BCUT2D eigenvalue weighted by molar-refractivity contribution is 7.99. The molecule has 10 heteroatoms. The van der Waals surface area contributed by atoms with E-state index in [0.717, 1.165) is 11.1 Å². The van der Waals surface area contributed by atoms with E-state index in [1.54, 1.807) is 24.5 Å². The molecule has 162 valence electrons. The van der Waals surface area contributed by atoms with Crippen molar-refractivity contribution < 1.29 is 14.1 Å². The van der Waals surface area contributed by atoms with Crippen molar-refractivity contribution in [2.45, 2.75) is 18.2 Å². The highest BCUT2D eigenvalue weighted by atomic mass is 32.2. The van der Waals surface area contributed by atoms with Crippen LogP contribution in [-0.2, 0) is 17.9 Å². The Bertz CT molecular complexity index is 1190. The van der Waals surface area contributed by atoms with Crippen molar-refractivity contribution in [3.8, 4) is 11.6 Å². The van der Waals surface area contributed by atoms with Crippen molar-refractivity contribution in [3.05, 3.63) is 94.2 Å². The second-order valence-electron chi connectivity index (χ2n) is 6.84. The zero-order valence-electron chi connectivity index (χ0n) is 16.9. The van der Waals surface area contributed by atoms with Crippen LogP contribution in [0.4, 0.5) is 5.69 Å². The van der Waals surface area contributed by atoms with Gasteiger partial charge in [0.1, 0.15) is 0 Å². The average molecular weight is 449 g/mol. The van der Waals surface area contributed by atoms with Crippen LogP contribution in [0.1, 0.15) is 11.1 Å². The lowest BCUT2D eigenvalue weighted by molar-refractivity contribution is -0.384. The van der Waals surface area contributed by atoms with Gasteiger partial charge in [-0.3, -0.25) is 19.5 Å². The fraction of sp³-hybridized carbons (Fsp3) is 0.136. The van der Waals surface area contributed by atoms with Crippen LogP contribution >= 0.6 is 11.8 Å². The largest absolute Gasteiger partial charge is 0.461 e. The number of nitro benzene ring substituents is 1. The molecule has 0 aliphatic heterocycles. The molecule has 0 atom stereocenters. The van der Waals surface area contributed by atoms with Gasteiger partial charge in [-0.25, -0.2) is 0 Å². The van der Waals surface area contributed by atoms with Crippen molar-refractivity contribution in [1.82, 2.24) is 20.1 Å². The number of hydrogen-bond acceptors (Lipinski definition) is 7. The normalized spacial score (nSPS) is 10.8. The van der Waals surface area contributed by atoms with E-state index >= 15 is 0 Å². The number of furan rings is 1. The van der Waals surface area contributed by atoms with E-state index in [1.165, 1.54) is 23.9 Å². The lowest BCUT2D eigenvalue weighted by atomic mass is 10.2. The molecule has 0 bridgehead atoms. The molecule has 2 heterocycles. The minimum absolute atomic E-state index is 0.0146. The van der Waals surface area contributed by atoms with E-state index in [0.29, 0.717) is 23.3 Å². The fourth-order valence-electron chi connectivity index (χ4n) is 3.01. The summed E-state index contributed by atoms with van der Waals surface area (Å²) in [5, 5.41) is 22.7. The van der Waals surface area contributed by atoms with Crippen molar-refractivity contribution >= 4 is 23.4 Å². The number of non-ortho nitro benzene ring substituents is 1. The summed E-state index contributed by atoms with van der Waals surface area (Å²) >= 11 is 1.28. The molecule has 0 saturated heterocycles. The number of carbonyl (C=O) groups is 1. The summed E-state index contributed by atoms with van der Waals surface area (Å²) in [6, 6.07) is 19.6. The summed E-state index contributed by atoms with van der Waals surface area (Å²) in [6.45, 7) is 0.822. The first-order valence-electron chi connectivity index (χ1n) is 9.74. The van der Waals surface area contributed by atoms with Crippen LogP contribution in [0.25, 0.3) is 11.6 Å². The maximum absolute atomic E-state index is 12.4. The van der Waals surface area contributed by atoms with E-state index in [4.69, 9.17) is 4.42 Å². The maximum Gasteiger partial charge on any atom is 0.269 e. The van der Waals surface area contributed by atoms with E-state index in [9.17, 15) is 14.9 Å². The van der Waals surface area contributed by atoms with Crippen LogP contribution in [0.3, 0.4) is 0 Å². The average Bonchev–Trinajstić information content (AvgIpc) is 3.47. The Labute approximate surface area is 187 Å². The number of aromatic nitrogens is 3. The third-order valence-electron chi connectivity index (χ3n) is 4.61. The van der Waals surface area contributed by atoms with E-state index in [2.05, 4.69) is 15.5 Å². The third kappa shape index (κ3) is 5.22. The molecule has 0 spiro atoms. The van der Waals surface area contributed by atoms with E-state index in [1.807, 2.05) is 41.0 Å². The van der Waals surface area contributed by atoms with Crippen molar-refractivity contribution in [1.29, 1.82) is 0 Å². The maximum atomic E-state index is 12.4. The van der Waals surface area contributed by atoms with Crippen LogP contribution in [0, 0.1) is 10.1 Å². The van der Waals surface area contributed by atoms with Gasteiger partial charge >= 0.3 is 0 Å². The zero-order valence-corrected chi connectivity index (χ0v) is 17.7. The second kappa shape index (κ2) is 9.92. The predicted octanol–water partition coefficient (Wildman–Crippen LogP) is 3.90. The first-order chi connectivity index (χ1) is 15.6. The summed E-state index contributed by atoms with van der Waals surface area (Å²) in [4.78, 5) is 22.6. The van der Waals surface area contributed by atoms with Crippen molar-refractivity contribution in [2.24, 2.45) is 0 Å². The molecule has 0 aliphatic carbocycles. The summed E-state index contributed by atoms with van der Waals surface area (Å²) < 4.78 is 7.41. The summed E-state index contributed by atoms with van der Waals surface area (Å²) in [7, 11) is 0. The molecule has 1 amide bonds. The van der Waals surface area contributed by atoms with Crippen LogP contribution in [0.5, 0.6) is 0 Å². The van der Waals surface area contributed by atoms with Crippen LogP contribution in [0.2, 0.25) is 0 Å². The van der Waals surface area contributed by atoms with Gasteiger partial charge in [0.15, 0.2) is 10.9 Å². The van der Waals surface area contributed by atoms with Crippen molar-refractivity contribution in [2.75, 3.05) is 5.75 Å². The number of benzene rings is 2. The minimum atomic E-state index is -0.457. The van der Waals surface area contributed by atoms with Crippen LogP contribution < -0.4 is 5.32 Å². The van der Waals surface area contributed by atoms with E-state index in [-0.39, 0.29) is 23.9 Å². The van der Waals surface area contributed by atoms with Gasteiger partial charge in [0.25, 0.3) is 5.69 Å². The standard InChI is InChI=1S/C22H19N5O4S/c28-20(23-13-16-8-10-18(11-9-16)27(29)30)15-32-22-25-24-21(19-7-4-12-31-19)26(22)14-17-5-2-1-3-6-17/h1-12H,13-15H2,(H,23,28). The summed E-state index contributed by atoms with van der Waals surface area (Å²) in [5.41, 5.74) is 1.87. The number of amides is 1. The molecule has 0 unspecified atom stereocenters. The molecule has 0 aliphatic rings. The number of nitrogens with zero attached hydrogens (tertiary/aromatic N) is 4. The smallest absolute Gasteiger partial charge is 0.269 e. The van der Waals surface area contributed by atoms with Gasteiger partial charge in [0.05, 0.1) is 23.5 Å². The molecular weight excluding hydrogens is 430 g/mol. The van der Waals surface area contributed by atoms with Gasteiger partial charge in [0.2, 0.25) is 11.7 Å². The van der Waals surface area contributed by atoms with Gasteiger partial charge in [0, 0.05) is 18.7 Å². The topological polar surface area (TPSA) is 116 Å². The Morgan fingerprint density at radius 3 is 2.50 bits per heavy atom. The molecule has 4 rings (SSSR count). The lowest BCUT2D eigenvalue weighted by Crippen LogP contribution is -2.24. The van der Waals surface area contributed by atoms with Gasteiger partial charge in [-0.05, 0) is 23.3 Å². The second-order valence-corrected chi connectivity index (χ2v) is 7.79. The Morgan fingerprint density at radius 2 is 1.81 bits per heavy atom. The summed E-state index contributed by atoms with van der Waals surface area (Å²) in [6.07, 6.45) is 1.58. The third-order valence-corrected chi connectivity index (χ3v) is 5.58. The molecule has 0 radical (unpaired) electrons. The van der Waals surface area contributed by atoms with Crippen LogP contribution in [-0.4, -0.2) is 31.3 Å². The quantitative estimate of drug-likeness (QED) is 0.234. The Hall–Kier alpha value is -3.92. The molecule has 0 saturated carbocycles. The number of thioether (sulfide) groups is 1. The first-order valence-corrected chi connectivity index (χ1v) is 10.7. The molecule has 2 aromatic heterocycles. The molecule has 4 aromatic rings. The number of carbonyl (C=O) groups excluding carboxylic acids is 1. The van der Waals surface area contributed by atoms with Crippen LogP contribution in [0.15, 0.2) is 82.6 Å².